The number of hydrogen-bond donors (Lipinski definition) is 4. The Kier molecular flexibility index (Phi) is 5.61. The Morgan fingerprint density at radius 2 is 1.89 bits per heavy atom. The van der Waals surface area contributed by atoms with Gasteiger partial charge in [0.1, 0.15) is 0 Å². The molecule has 0 radical (unpaired) electrons. The van der Waals surface area contributed by atoms with Gasteiger partial charge in [0.05, 0.1) is 24.1 Å². The molecular formula is C13H20N2O3. The van der Waals surface area contributed by atoms with E-state index in [9.17, 15) is 9.90 Å². The number of aliphatic hydroxyl groups is 2. The molecule has 0 aliphatic heterocycles. The maximum atomic E-state index is 11.6. The van der Waals surface area contributed by atoms with Gasteiger partial charge >= 0.3 is 0 Å². The van der Waals surface area contributed by atoms with Gasteiger partial charge in [-0.1, -0.05) is 26.0 Å². The summed E-state index contributed by atoms with van der Waals surface area (Å²) >= 11 is 0. The number of benzene rings is 1. The number of aliphatic hydroxyl groups excluding tert-OH is 2. The molecule has 1 rings (SSSR count). The van der Waals surface area contributed by atoms with E-state index >= 15 is 0 Å². The van der Waals surface area contributed by atoms with Crippen molar-refractivity contribution in [2.75, 3.05) is 23.8 Å². The predicted octanol–water partition coefficient (Wildman–Crippen LogP) is 1.05. The summed E-state index contributed by atoms with van der Waals surface area (Å²) in [6.07, 6.45) is -0.821. The summed E-state index contributed by atoms with van der Waals surface area (Å²) in [5.74, 6) is -0.159. The van der Waals surface area contributed by atoms with Gasteiger partial charge in [0.25, 0.3) is 0 Å². The average Bonchev–Trinajstić information content (AvgIpc) is 2.37. The SMILES string of the molecule is CC(C)C(=O)Nc1ccccc1NCC(O)CO. The van der Waals surface area contributed by atoms with E-state index in [1.165, 1.54) is 0 Å². The molecule has 0 aliphatic rings. The number of carbonyl (C=O) groups excluding carboxylic acids is 1. The molecule has 0 saturated heterocycles. The normalized spacial score (nSPS) is 12.3. The minimum absolute atomic E-state index is 0.0630. The van der Waals surface area contributed by atoms with E-state index in [2.05, 4.69) is 10.6 Å². The molecule has 1 atom stereocenters. The summed E-state index contributed by atoms with van der Waals surface area (Å²) in [4.78, 5) is 11.6. The van der Waals surface area contributed by atoms with Crippen molar-refractivity contribution in [1.82, 2.24) is 0 Å². The van der Waals surface area contributed by atoms with Crippen molar-refractivity contribution < 1.29 is 15.0 Å². The Morgan fingerprint density at radius 3 is 2.44 bits per heavy atom. The van der Waals surface area contributed by atoms with Gasteiger partial charge < -0.3 is 20.8 Å². The smallest absolute Gasteiger partial charge is 0.226 e. The van der Waals surface area contributed by atoms with Crippen LogP contribution in [0.25, 0.3) is 0 Å². The molecule has 1 unspecified atom stereocenters. The van der Waals surface area contributed by atoms with Crippen LogP contribution >= 0.6 is 0 Å². The van der Waals surface area contributed by atoms with E-state index in [0.29, 0.717) is 5.69 Å². The highest BCUT2D eigenvalue weighted by atomic mass is 16.3. The molecule has 0 saturated carbocycles. The number of hydrogen-bond acceptors (Lipinski definition) is 4. The fourth-order valence-corrected chi connectivity index (χ4v) is 1.32. The van der Waals surface area contributed by atoms with E-state index in [-0.39, 0.29) is 25.0 Å². The van der Waals surface area contributed by atoms with Gasteiger partial charge in [-0.2, -0.15) is 0 Å². The van der Waals surface area contributed by atoms with Crippen LogP contribution < -0.4 is 10.6 Å². The van der Waals surface area contributed by atoms with Crippen molar-refractivity contribution in [3.05, 3.63) is 24.3 Å². The van der Waals surface area contributed by atoms with Crippen molar-refractivity contribution in [1.29, 1.82) is 0 Å². The first kappa shape index (κ1) is 14.5. The molecule has 0 aliphatic carbocycles. The van der Waals surface area contributed by atoms with Crippen LogP contribution in [0.15, 0.2) is 24.3 Å². The molecular weight excluding hydrogens is 232 g/mol. The zero-order valence-electron chi connectivity index (χ0n) is 10.7. The lowest BCUT2D eigenvalue weighted by Gasteiger charge is -2.15. The Bertz CT molecular complexity index is 394. The summed E-state index contributed by atoms with van der Waals surface area (Å²) in [7, 11) is 0. The Balaban J connectivity index is 2.70. The highest BCUT2D eigenvalue weighted by molar-refractivity contribution is 5.95. The van der Waals surface area contributed by atoms with Gasteiger partial charge in [0.15, 0.2) is 0 Å². The second-order valence-electron chi connectivity index (χ2n) is 4.41. The highest BCUT2D eigenvalue weighted by Gasteiger charge is 2.10. The molecule has 5 heteroatoms. The summed E-state index contributed by atoms with van der Waals surface area (Å²) in [6.45, 7) is 3.57. The molecule has 1 amide bonds. The van der Waals surface area contributed by atoms with Gasteiger partial charge in [-0.15, -0.1) is 0 Å². The lowest BCUT2D eigenvalue weighted by Crippen LogP contribution is -2.24. The molecule has 0 aromatic heterocycles. The number of rotatable bonds is 6. The average molecular weight is 252 g/mol. The number of carbonyl (C=O) groups is 1. The second-order valence-corrected chi connectivity index (χ2v) is 4.41. The third kappa shape index (κ3) is 4.35. The van der Waals surface area contributed by atoms with Gasteiger partial charge in [-0.05, 0) is 12.1 Å². The van der Waals surface area contributed by atoms with Gasteiger partial charge in [-0.25, -0.2) is 0 Å². The summed E-state index contributed by atoms with van der Waals surface area (Å²) in [5.41, 5.74) is 1.39. The van der Waals surface area contributed by atoms with Crippen molar-refractivity contribution in [3.63, 3.8) is 0 Å². The number of nitrogens with one attached hydrogen (secondary N) is 2. The van der Waals surface area contributed by atoms with Crippen molar-refractivity contribution in [2.24, 2.45) is 5.92 Å². The van der Waals surface area contributed by atoms with Crippen LogP contribution in [0, 0.1) is 5.92 Å². The molecule has 0 spiro atoms. The molecule has 0 fully saturated rings. The van der Waals surface area contributed by atoms with Gasteiger partial charge in [-0.3, -0.25) is 4.79 Å². The molecule has 0 heterocycles. The monoisotopic (exact) mass is 252 g/mol. The minimum Gasteiger partial charge on any atom is -0.394 e. The standard InChI is InChI=1S/C13H20N2O3/c1-9(2)13(18)15-12-6-4-3-5-11(12)14-7-10(17)8-16/h3-6,9-10,14,16-17H,7-8H2,1-2H3,(H,15,18). The molecule has 4 N–H and O–H groups in total. The van der Waals surface area contributed by atoms with Crippen LogP contribution in [-0.4, -0.2) is 35.4 Å². The minimum atomic E-state index is -0.821. The summed E-state index contributed by atoms with van der Waals surface area (Å²) < 4.78 is 0. The van der Waals surface area contributed by atoms with Crippen molar-refractivity contribution >= 4 is 17.3 Å². The molecule has 18 heavy (non-hydrogen) atoms. The number of amides is 1. The topological polar surface area (TPSA) is 81.6 Å². The summed E-state index contributed by atoms with van der Waals surface area (Å²) in [6, 6.07) is 7.25. The van der Waals surface area contributed by atoms with E-state index in [4.69, 9.17) is 5.11 Å². The molecule has 5 nitrogen and oxygen atoms in total. The van der Waals surface area contributed by atoms with E-state index < -0.39 is 6.10 Å². The lowest BCUT2D eigenvalue weighted by atomic mass is 10.2. The zero-order chi connectivity index (χ0) is 13.5. The van der Waals surface area contributed by atoms with Crippen LogP contribution in [-0.2, 0) is 4.79 Å². The van der Waals surface area contributed by atoms with Crippen LogP contribution in [0.5, 0.6) is 0 Å². The third-order valence-corrected chi connectivity index (χ3v) is 2.45. The predicted molar refractivity (Wildman–Crippen MR) is 71.5 cm³/mol. The van der Waals surface area contributed by atoms with E-state index in [1.807, 2.05) is 26.0 Å². The lowest BCUT2D eigenvalue weighted by molar-refractivity contribution is -0.118. The highest BCUT2D eigenvalue weighted by Crippen LogP contribution is 2.21. The number of anilines is 2. The molecule has 1 aromatic rings. The molecule has 100 valence electrons. The fourth-order valence-electron chi connectivity index (χ4n) is 1.32. The van der Waals surface area contributed by atoms with Crippen LogP contribution in [0.1, 0.15) is 13.8 Å². The molecule has 1 aromatic carbocycles. The fraction of sp³-hybridized carbons (Fsp3) is 0.462. The Morgan fingerprint density at radius 1 is 1.28 bits per heavy atom. The van der Waals surface area contributed by atoms with Crippen LogP contribution in [0.3, 0.4) is 0 Å². The first-order chi connectivity index (χ1) is 8.54. The van der Waals surface area contributed by atoms with Crippen molar-refractivity contribution in [3.8, 4) is 0 Å². The van der Waals surface area contributed by atoms with Crippen LogP contribution in [0.2, 0.25) is 0 Å². The second kappa shape index (κ2) is 6.98. The van der Waals surface area contributed by atoms with Gasteiger partial charge in [0, 0.05) is 12.5 Å². The summed E-state index contributed by atoms with van der Waals surface area (Å²) in [5, 5.41) is 23.8. The van der Waals surface area contributed by atoms with Gasteiger partial charge in [0.2, 0.25) is 5.91 Å². The zero-order valence-corrected chi connectivity index (χ0v) is 10.7. The van der Waals surface area contributed by atoms with E-state index in [0.717, 1.165) is 5.69 Å². The van der Waals surface area contributed by atoms with E-state index in [1.54, 1.807) is 12.1 Å². The quantitative estimate of drug-likeness (QED) is 0.610. The largest absolute Gasteiger partial charge is 0.394 e. The maximum absolute atomic E-state index is 11.6. The Labute approximate surface area is 107 Å². The third-order valence-electron chi connectivity index (χ3n) is 2.45. The van der Waals surface area contributed by atoms with Crippen molar-refractivity contribution in [2.45, 2.75) is 20.0 Å². The first-order valence-electron chi connectivity index (χ1n) is 5.97. The number of para-hydroxylation sites is 2. The Hall–Kier alpha value is -1.59. The van der Waals surface area contributed by atoms with Crippen LogP contribution in [0.4, 0.5) is 11.4 Å². The maximum Gasteiger partial charge on any atom is 0.226 e. The molecule has 0 bridgehead atoms. The first-order valence-corrected chi connectivity index (χ1v) is 5.97.